The van der Waals surface area contributed by atoms with Crippen LogP contribution in [-0.4, -0.2) is 29.4 Å². The molecule has 0 spiro atoms. The van der Waals surface area contributed by atoms with Crippen LogP contribution in [0.5, 0.6) is 5.75 Å². The summed E-state index contributed by atoms with van der Waals surface area (Å²) in [6.45, 7) is 2.72. The molecule has 0 saturated carbocycles. The van der Waals surface area contributed by atoms with Crippen LogP contribution in [0.4, 0.5) is 18.9 Å². The van der Waals surface area contributed by atoms with E-state index in [1.165, 1.54) is 24.6 Å². The summed E-state index contributed by atoms with van der Waals surface area (Å²) in [6.07, 6.45) is -2.46. The van der Waals surface area contributed by atoms with E-state index < -0.39 is 6.36 Å². The average molecular weight is 461 g/mol. The van der Waals surface area contributed by atoms with Crippen molar-refractivity contribution in [3.05, 3.63) is 24.3 Å². The van der Waals surface area contributed by atoms with E-state index in [-0.39, 0.29) is 40.4 Å². The number of nitrogens with one attached hydrogen (secondary N) is 1. The maximum Gasteiger partial charge on any atom is 0.573 e. The molecule has 2 rings (SSSR count). The molecule has 1 saturated heterocycles. The second-order valence-electron chi connectivity index (χ2n) is 5.30. The molecule has 3 N–H and O–H groups in total. The average Bonchev–Trinajstić information content (AvgIpc) is 2.82. The standard InChI is InChI=1S/C14H18F3N3OS.HI/c1-13(6-3-7-22-13)9-19-12(18)20-10-4-2-5-11(8-10)21-14(15,16)17;/h2,4-5,8H,3,6-7,9H2,1H3,(H3,18,19,20);1H. The van der Waals surface area contributed by atoms with Crippen molar-refractivity contribution in [1.82, 2.24) is 0 Å². The lowest BCUT2D eigenvalue weighted by Crippen LogP contribution is -2.27. The Hall–Kier alpha value is -0.840. The lowest BCUT2D eigenvalue weighted by molar-refractivity contribution is -0.274. The minimum atomic E-state index is -4.72. The summed E-state index contributed by atoms with van der Waals surface area (Å²) in [4.78, 5) is 4.28. The second-order valence-corrected chi connectivity index (χ2v) is 6.99. The quantitative estimate of drug-likeness (QED) is 0.401. The lowest BCUT2D eigenvalue weighted by atomic mass is 10.1. The molecular formula is C14H19F3IN3OS. The number of halogens is 4. The number of hydrogen-bond donors (Lipinski definition) is 2. The van der Waals surface area contributed by atoms with Crippen molar-refractivity contribution in [3.8, 4) is 5.75 Å². The summed E-state index contributed by atoms with van der Waals surface area (Å²) >= 11 is 1.87. The third-order valence-electron chi connectivity index (χ3n) is 3.22. The third kappa shape index (κ3) is 7.06. The molecule has 4 nitrogen and oxygen atoms in total. The van der Waals surface area contributed by atoms with Gasteiger partial charge in [0.25, 0.3) is 0 Å². The molecule has 1 aliphatic heterocycles. The number of thioether (sulfide) groups is 1. The number of alkyl halides is 3. The number of anilines is 1. The molecule has 1 atom stereocenters. The number of rotatable bonds is 4. The molecule has 1 aliphatic rings. The molecule has 1 aromatic rings. The number of guanidine groups is 1. The number of benzene rings is 1. The molecule has 1 heterocycles. The Kier molecular flexibility index (Phi) is 7.30. The highest BCUT2D eigenvalue weighted by Gasteiger charge is 2.31. The zero-order valence-electron chi connectivity index (χ0n) is 12.5. The summed E-state index contributed by atoms with van der Waals surface area (Å²) in [6, 6.07) is 5.49. The summed E-state index contributed by atoms with van der Waals surface area (Å²) < 4.78 is 40.5. The lowest BCUT2D eigenvalue weighted by Gasteiger charge is -2.20. The predicted molar refractivity (Wildman–Crippen MR) is 98.7 cm³/mol. The molecule has 0 bridgehead atoms. The molecule has 1 fully saturated rings. The van der Waals surface area contributed by atoms with Crippen LogP contribution in [0.3, 0.4) is 0 Å². The van der Waals surface area contributed by atoms with Gasteiger partial charge in [-0.3, -0.25) is 4.99 Å². The van der Waals surface area contributed by atoms with Gasteiger partial charge in [0.05, 0.1) is 6.54 Å². The Balaban J connectivity index is 0.00000264. The molecule has 1 unspecified atom stereocenters. The molecule has 0 amide bonds. The Morgan fingerprint density at radius 2 is 2.22 bits per heavy atom. The zero-order chi connectivity index (χ0) is 16.2. The maximum absolute atomic E-state index is 12.2. The normalized spacial score (nSPS) is 21.7. The van der Waals surface area contributed by atoms with Crippen molar-refractivity contribution in [2.75, 3.05) is 17.6 Å². The van der Waals surface area contributed by atoms with Crippen molar-refractivity contribution in [2.24, 2.45) is 10.7 Å². The van der Waals surface area contributed by atoms with Gasteiger partial charge < -0.3 is 15.8 Å². The SMILES string of the molecule is CC1(CN=C(N)Nc2cccc(OC(F)(F)F)c2)CCCS1.I. The second kappa shape index (κ2) is 8.32. The van der Waals surface area contributed by atoms with E-state index in [9.17, 15) is 13.2 Å². The van der Waals surface area contributed by atoms with Gasteiger partial charge in [-0.1, -0.05) is 6.07 Å². The first kappa shape index (κ1) is 20.2. The van der Waals surface area contributed by atoms with Gasteiger partial charge in [0, 0.05) is 16.5 Å². The van der Waals surface area contributed by atoms with E-state index in [0.29, 0.717) is 12.2 Å². The van der Waals surface area contributed by atoms with Gasteiger partial charge in [0.2, 0.25) is 0 Å². The first-order valence-electron chi connectivity index (χ1n) is 6.82. The smallest absolute Gasteiger partial charge is 0.406 e. The minimum Gasteiger partial charge on any atom is -0.406 e. The number of nitrogens with zero attached hydrogens (tertiary/aromatic N) is 1. The fourth-order valence-corrected chi connectivity index (χ4v) is 3.40. The van der Waals surface area contributed by atoms with Crippen LogP contribution >= 0.6 is 35.7 Å². The number of aliphatic imine (C=N–C) groups is 1. The maximum atomic E-state index is 12.2. The Morgan fingerprint density at radius 1 is 1.48 bits per heavy atom. The van der Waals surface area contributed by atoms with Crippen LogP contribution in [-0.2, 0) is 0 Å². The van der Waals surface area contributed by atoms with E-state index in [1.54, 1.807) is 6.07 Å². The molecule has 0 aromatic heterocycles. The first-order chi connectivity index (χ1) is 10.3. The van der Waals surface area contributed by atoms with Crippen molar-refractivity contribution < 1.29 is 17.9 Å². The van der Waals surface area contributed by atoms with Crippen LogP contribution in [0.15, 0.2) is 29.3 Å². The summed E-state index contributed by atoms with van der Waals surface area (Å²) in [5.74, 6) is 0.998. The monoisotopic (exact) mass is 461 g/mol. The first-order valence-corrected chi connectivity index (χ1v) is 7.81. The Morgan fingerprint density at radius 3 is 2.83 bits per heavy atom. The van der Waals surface area contributed by atoms with Crippen LogP contribution in [0.1, 0.15) is 19.8 Å². The van der Waals surface area contributed by atoms with Crippen LogP contribution in [0.2, 0.25) is 0 Å². The van der Waals surface area contributed by atoms with Crippen molar-refractivity contribution >= 4 is 47.4 Å². The van der Waals surface area contributed by atoms with Gasteiger partial charge in [0.1, 0.15) is 5.75 Å². The molecular weight excluding hydrogens is 442 g/mol. The number of ether oxygens (including phenoxy) is 1. The molecule has 9 heteroatoms. The van der Waals surface area contributed by atoms with Crippen molar-refractivity contribution in [3.63, 3.8) is 0 Å². The largest absolute Gasteiger partial charge is 0.573 e. The van der Waals surface area contributed by atoms with E-state index in [4.69, 9.17) is 5.73 Å². The zero-order valence-corrected chi connectivity index (χ0v) is 15.7. The van der Waals surface area contributed by atoms with Crippen LogP contribution in [0, 0.1) is 0 Å². The van der Waals surface area contributed by atoms with Crippen molar-refractivity contribution in [2.45, 2.75) is 30.9 Å². The topological polar surface area (TPSA) is 59.6 Å². The van der Waals surface area contributed by atoms with Gasteiger partial charge in [0.15, 0.2) is 5.96 Å². The van der Waals surface area contributed by atoms with Crippen LogP contribution < -0.4 is 15.8 Å². The van der Waals surface area contributed by atoms with E-state index in [2.05, 4.69) is 22.0 Å². The highest BCUT2D eigenvalue weighted by molar-refractivity contribution is 14.0. The molecule has 1 aromatic carbocycles. The van der Waals surface area contributed by atoms with Gasteiger partial charge in [-0.15, -0.1) is 37.1 Å². The summed E-state index contributed by atoms with van der Waals surface area (Å²) in [5, 5.41) is 2.78. The Labute approximate surface area is 154 Å². The molecule has 0 radical (unpaired) electrons. The van der Waals surface area contributed by atoms with Gasteiger partial charge >= 0.3 is 6.36 Å². The predicted octanol–water partition coefficient (Wildman–Crippen LogP) is 4.22. The van der Waals surface area contributed by atoms with Gasteiger partial charge in [-0.05, 0) is 37.7 Å². The number of hydrogen-bond acceptors (Lipinski definition) is 3. The summed E-state index contributed by atoms with van der Waals surface area (Å²) in [5.41, 5.74) is 6.18. The van der Waals surface area contributed by atoms with E-state index >= 15 is 0 Å². The molecule has 130 valence electrons. The van der Waals surface area contributed by atoms with E-state index in [1.807, 2.05) is 11.8 Å². The molecule has 0 aliphatic carbocycles. The third-order valence-corrected chi connectivity index (χ3v) is 4.75. The number of nitrogens with two attached hydrogens (primary N) is 1. The minimum absolute atomic E-state index is 0. The van der Waals surface area contributed by atoms with Crippen LogP contribution in [0.25, 0.3) is 0 Å². The highest BCUT2D eigenvalue weighted by atomic mass is 127. The molecule has 23 heavy (non-hydrogen) atoms. The fourth-order valence-electron chi connectivity index (χ4n) is 2.17. The highest BCUT2D eigenvalue weighted by Crippen LogP contribution is 2.37. The van der Waals surface area contributed by atoms with Crippen molar-refractivity contribution in [1.29, 1.82) is 0 Å². The van der Waals surface area contributed by atoms with Gasteiger partial charge in [-0.25, -0.2) is 0 Å². The summed E-state index contributed by atoms with van der Waals surface area (Å²) in [7, 11) is 0. The van der Waals surface area contributed by atoms with Gasteiger partial charge in [-0.2, -0.15) is 11.8 Å². The van der Waals surface area contributed by atoms with E-state index in [0.717, 1.165) is 12.2 Å². The fraction of sp³-hybridized carbons (Fsp3) is 0.500. The Bertz CT molecular complexity index is 548.